The van der Waals surface area contributed by atoms with Gasteiger partial charge >= 0.3 is 0 Å². The molecule has 1 fully saturated rings. The summed E-state index contributed by atoms with van der Waals surface area (Å²) in [6, 6.07) is 0. The molecule has 0 aliphatic carbocycles. The van der Waals surface area contributed by atoms with Gasteiger partial charge in [0.15, 0.2) is 0 Å². The number of piperazine rings is 1. The number of amides is 1. The van der Waals surface area contributed by atoms with Crippen LogP contribution in [-0.4, -0.2) is 48.9 Å². The van der Waals surface area contributed by atoms with Crippen molar-refractivity contribution < 1.29 is 4.79 Å². The number of likely N-dealkylation sites (N-methyl/N-ethyl adjacent to an activating group) is 1. The highest BCUT2D eigenvalue weighted by atomic mass is 16.2. The summed E-state index contributed by atoms with van der Waals surface area (Å²) in [5.74, 6) is 0.278. The molecule has 0 aromatic carbocycles. The van der Waals surface area contributed by atoms with E-state index in [1.54, 1.807) is 0 Å². The van der Waals surface area contributed by atoms with Gasteiger partial charge in [0.1, 0.15) is 0 Å². The van der Waals surface area contributed by atoms with Gasteiger partial charge in [0.2, 0.25) is 5.91 Å². The molecule has 0 aromatic heterocycles. The molecule has 1 rings (SSSR count). The van der Waals surface area contributed by atoms with Gasteiger partial charge in [0, 0.05) is 19.6 Å². The Labute approximate surface area is 68.0 Å². The third-order valence-electron chi connectivity index (χ3n) is 2.00. The van der Waals surface area contributed by atoms with Crippen molar-refractivity contribution in [2.45, 2.75) is 13.3 Å². The Morgan fingerprint density at radius 1 is 1.45 bits per heavy atom. The van der Waals surface area contributed by atoms with Crippen molar-refractivity contribution in [1.82, 2.24) is 9.80 Å². The van der Waals surface area contributed by atoms with E-state index in [2.05, 4.69) is 11.8 Å². The van der Waals surface area contributed by atoms with Gasteiger partial charge in [-0.3, -0.25) is 9.69 Å². The molecule has 0 aromatic rings. The van der Waals surface area contributed by atoms with E-state index < -0.39 is 0 Å². The summed E-state index contributed by atoms with van der Waals surface area (Å²) in [5.41, 5.74) is 0. The summed E-state index contributed by atoms with van der Waals surface area (Å²) in [6.45, 7) is 5.55. The van der Waals surface area contributed by atoms with Crippen LogP contribution in [0.5, 0.6) is 0 Å². The highest BCUT2D eigenvalue weighted by Crippen LogP contribution is 2.00. The summed E-state index contributed by atoms with van der Waals surface area (Å²) in [6.07, 6.45) is 1.06. The minimum absolute atomic E-state index is 0.278. The number of hydrogen-bond acceptors (Lipinski definition) is 2. The van der Waals surface area contributed by atoms with E-state index in [1.807, 2.05) is 11.9 Å². The van der Waals surface area contributed by atoms with E-state index in [0.29, 0.717) is 6.54 Å². The van der Waals surface area contributed by atoms with Crippen molar-refractivity contribution in [2.75, 3.05) is 33.2 Å². The van der Waals surface area contributed by atoms with Gasteiger partial charge < -0.3 is 4.90 Å². The van der Waals surface area contributed by atoms with Crippen LogP contribution in [0, 0.1) is 0 Å². The van der Waals surface area contributed by atoms with Crippen molar-refractivity contribution in [3.05, 3.63) is 0 Å². The molecule has 0 atom stereocenters. The molecular formula is C8H16N2O. The zero-order valence-electron chi connectivity index (χ0n) is 7.34. The summed E-state index contributed by atoms with van der Waals surface area (Å²) in [5, 5.41) is 0. The minimum atomic E-state index is 0.278. The second-order valence-electron chi connectivity index (χ2n) is 3.12. The van der Waals surface area contributed by atoms with Gasteiger partial charge in [-0.1, -0.05) is 6.92 Å². The first kappa shape index (κ1) is 8.53. The van der Waals surface area contributed by atoms with Crippen molar-refractivity contribution in [1.29, 1.82) is 0 Å². The smallest absolute Gasteiger partial charge is 0.236 e. The average molecular weight is 156 g/mol. The van der Waals surface area contributed by atoms with E-state index in [1.165, 1.54) is 0 Å². The van der Waals surface area contributed by atoms with Crippen molar-refractivity contribution in [3.8, 4) is 0 Å². The molecule has 0 N–H and O–H groups in total. The number of hydrogen-bond donors (Lipinski definition) is 0. The molecule has 1 aliphatic heterocycles. The molecular weight excluding hydrogens is 140 g/mol. The van der Waals surface area contributed by atoms with Gasteiger partial charge in [-0.15, -0.1) is 0 Å². The lowest BCUT2D eigenvalue weighted by atomic mass is 10.3. The summed E-state index contributed by atoms with van der Waals surface area (Å²) in [7, 11) is 1.99. The predicted molar refractivity (Wildman–Crippen MR) is 44.4 cm³/mol. The summed E-state index contributed by atoms with van der Waals surface area (Å²) in [4.78, 5) is 15.3. The molecule has 1 heterocycles. The number of carbonyl (C=O) groups excluding carboxylic acids is 1. The van der Waals surface area contributed by atoms with E-state index >= 15 is 0 Å². The largest absolute Gasteiger partial charge is 0.340 e. The van der Waals surface area contributed by atoms with Crippen LogP contribution in [0.4, 0.5) is 0 Å². The molecule has 0 radical (unpaired) electrons. The predicted octanol–water partition coefficient (Wildman–Crippen LogP) is 0.170. The van der Waals surface area contributed by atoms with Crippen LogP contribution < -0.4 is 0 Å². The average Bonchev–Trinajstić information content (AvgIpc) is 1.95. The van der Waals surface area contributed by atoms with Crippen LogP contribution in [0.2, 0.25) is 0 Å². The van der Waals surface area contributed by atoms with Crippen LogP contribution in [-0.2, 0) is 4.79 Å². The second-order valence-corrected chi connectivity index (χ2v) is 3.12. The molecule has 0 saturated carbocycles. The van der Waals surface area contributed by atoms with Crippen molar-refractivity contribution in [3.63, 3.8) is 0 Å². The topological polar surface area (TPSA) is 23.6 Å². The Bertz CT molecular complexity index is 147. The van der Waals surface area contributed by atoms with Gasteiger partial charge in [-0.25, -0.2) is 0 Å². The zero-order chi connectivity index (χ0) is 8.27. The maximum absolute atomic E-state index is 11.3. The molecule has 1 aliphatic rings. The molecule has 0 unspecified atom stereocenters. The molecule has 11 heavy (non-hydrogen) atoms. The van der Waals surface area contributed by atoms with E-state index in [9.17, 15) is 4.79 Å². The van der Waals surface area contributed by atoms with E-state index in [-0.39, 0.29) is 5.91 Å². The van der Waals surface area contributed by atoms with E-state index in [0.717, 1.165) is 26.1 Å². The lowest BCUT2D eigenvalue weighted by Crippen LogP contribution is -2.48. The SMILES string of the molecule is CCCN1CCN(C)CC1=O. The summed E-state index contributed by atoms with van der Waals surface area (Å²) >= 11 is 0. The maximum Gasteiger partial charge on any atom is 0.236 e. The molecule has 64 valence electrons. The maximum atomic E-state index is 11.3. The highest BCUT2D eigenvalue weighted by Gasteiger charge is 2.19. The second kappa shape index (κ2) is 3.72. The standard InChI is InChI=1S/C8H16N2O/c1-3-4-10-6-5-9(2)7-8(10)11/h3-7H2,1-2H3. The first-order valence-electron chi connectivity index (χ1n) is 4.20. The quantitative estimate of drug-likeness (QED) is 0.569. The normalized spacial score (nSPS) is 20.9. The van der Waals surface area contributed by atoms with Crippen LogP contribution in [0.3, 0.4) is 0 Å². The van der Waals surface area contributed by atoms with Crippen molar-refractivity contribution >= 4 is 5.91 Å². The molecule has 1 amide bonds. The van der Waals surface area contributed by atoms with E-state index in [4.69, 9.17) is 0 Å². The Morgan fingerprint density at radius 3 is 2.73 bits per heavy atom. The molecule has 3 heteroatoms. The highest BCUT2D eigenvalue weighted by molar-refractivity contribution is 5.78. The van der Waals surface area contributed by atoms with Crippen LogP contribution in [0.1, 0.15) is 13.3 Å². The lowest BCUT2D eigenvalue weighted by molar-refractivity contribution is -0.135. The molecule has 1 saturated heterocycles. The Kier molecular flexibility index (Phi) is 2.88. The third-order valence-corrected chi connectivity index (χ3v) is 2.00. The summed E-state index contributed by atoms with van der Waals surface area (Å²) < 4.78 is 0. The molecule has 3 nitrogen and oxygen atoms in total. The third kappa shape index (κ3) is 2.19. The minimum Gasteiger partial charge on any atom is -0.340 e. The lowest BCUT2D eigenvalue weighted by Gasteiger charge is -2.31. The molecule has 0 bridgehead atoms. The number of carbonyl (C=O) groups is 1. The number of rotatable bonds is 2. The first-order valence-corrected chi connectivity index (χ1v) is 4.20. The van der Waals surface area contributed by atoms with Gasteiger partial charge in [-0.05, 0) is 13.5 Å². The van der Waals surface area contributed by atoms with Gasteiger partial charge in [0.05, 0.1) is 6.54 Å². The Balaban J connectivity index is 2.38. The fraction of sp³-hybridized carbons (Fsp3) is 0.875. The monoisotopic (exact) mass is 156 g/mol. The van der Waals surface area contributed by atoms with Gasteiger partial charge in [0.25, 0.3) is 0 Å². The zero-order valence-corrected chi connectivity index (χ0v) is 7.34. The van der Waals surface area contributed by atoms with Crippen LogP contribution >= 0.6 is 0 Å². The first-order chi connectivity index (χ1) is 5.24. The fourth-order valence-corrected chi connectivity index (χ4v) is 1.33. The van der Waals surface area contributed by atoms with Crippen LogP contribution in [0.25, 0.3) is 0 Å². The Hall–Kier alpha value is -0.570. The Morgan fingerprint density at radius 2 is 2.18 bits per heavy atom. The van der Waals surface area contributed by atoms with Gasteiger partial charge in [-0.2, -0.15) is 0 Å². The number of nitrogens with zero attached hydrogens (tertiary/aromatic N) is 2. The fourth-order valence-electron chi connectivity index (χ4n) is 1.33. The molecule has 0 spiro atoms. The van der Waals surface area contributed by atoms with Crippen LogP contribution in [0.15, 0.2) is 0 Å². The van der Waals surface area contributed by atoms with Crippen molar-refractivity contribution in [2.24, 2.45) is 0 Å².